The van der Waals surface area contributed by atoms with Gasteiger partial charge in [0.15, 0.2) is 5.03 Å². The van der Waals surface area contributed by atoms with Gasteiger partial charge in [0.2, 0.25) is 0 Å². The van der Waals surface area contributed by atoms with Crippen molar-refractivity contribution >= 4 is 27.6 Å². The third-order valence-electron chi connectivity index (χ3n) is 8.99. The number of amides is 3. The Morgan fingerprint density at radius 2 is 1.87 bits per heavy atom. The van der Waals surface area contributed by atoms with Crippen LogP contribution in [0.4, 0.5) is 10.5 Å². The maximum Gasteiger partial charge on any atom is 0.317 e. The van der Waals surface area contributed by atoms with Crippen molar-refractivity contribution in [3.63, 3.8) is 0 Å². The van der Waals surface area contributed by atoms with Crippen LogP contribution in [0.2, 0.25) is 0 Å². The summed E-state index contributed by atoms with van der Waals surface area (Å²) in [6.45, 7) is 6.44. The van der Waals surface area contributed by atoms with Gasteiger partial charge in [0.05, 0.1) is 36.7 Å². The van der Waals surface area contributed by atoms with E-state index in [9.17, 15) is 23.1 Å². The highest BCUT2D eigenvalue weighted by Crippen LogP contribution is 2.29. The van der Waals surface area contributed by atoms with E-state index >= 15 is 0 Å². The van der Waals surface area contributed by atoms with E-state index in [2.05, 4.69) is 15.0 Å². The highest BCUT2D eigenvalue weighted by Gasteiger charge is 2.31. The Morgan fingerprint density at radius 1 is 1.15 bits per heavy atom. The quantitative estimate of drug-likeness (QED) is 0.379. The third-order valence-corrected chi connectivity index (χ3v) is 10.3. The van der Waals surface area contributed by atoms with Crippen molar-refractivity contribution in [3.8, 4) is 5.75 Å². The van der Waals surface area contributed by atoms with Crippen LogP contribution in [0.25, 0.3) is 0 Å². The molecule has 2 aliphatic rings. The van der Waals surface area contributed by atoms with Crippen LogP contribution in [0.1, 0.15) is 82.5 Å². The number of carbonyl (C=O) groups excluding carboxylic acids is 2. The molecule has 3 amide bonds. The number of aromatic nitrogens is 2. The van der Waals surface area contributed by atoms with Crippen LogP contribution in [0.3, 0.4) is 0 Å². The molecule has 3 N–H and O–H groups in total. The van der Waals surface area contributed by atoms with E-state index < -0.39 is 22.0 Å². The summed E-state index contributed by atoms with van der Waals surface area (Å²) in [5, 5.41) is 13.2. The highest BCUT2D eigenvalue weighted by molar-refractivity contribution is 7.92. The fraction of sp³-hybridized carbons (Fsp3) is 0.667. The Hall–Kier alpha value is -3.36. The van der Waals surface area contributed by atoms with Crippen molar-refractivity contribution < 1.29 is 32.6 Å². The molecule has 4 rings (SSSR count). The molecule has 0 radical (unpaired) electrons. The summed E-state index contributed by atoms with van der Waals surface area (Å²) in [5.74, 6) is -0.302. The summed E-state index contributed by atoms with van der Waals surface area (Å²) in [6.07, 6.45) is 9.95. The number of likely N-dealkylation sites (N-methyl/N-ethyl adjacent to an activating group) is 1. The maximum absolute atomic E-state index is 14.3. The van der Waals surface area contributed by atoms with Gasteiger partial charge in [0, 0.05) is 57.6 Å². The second-order valence-corrected chi connectivity index (χ2v) is 14.8. The first kappa shape index (κ1) is 36.5. The molecular weight excluding hydrogens is 624 g/mol. The molecule has 1 aliphatic carbocycles. The van der Waals surface area contributed by atoms with Gasteiger partial charge < -0.3 is 34.3 Å². The van der Waals surface area contributed by atoms with Crippen molar-refractivity contribution in [2.24, 2.45) is 13.0 Å². The van der Waals surface area contributed by atoms with Crippen LogP contribution in [0, 0.1) is 5.92 Å². The number of rotatable bonds is 8. The van der Waals surface area contributed by atoms with Crippen LogP contribution in [0.15, 0.2) is 35.7 Å². The average Bonchev–Trinajstić information content (AvgIpc) is 3.50. The summed E-state index contributed by atoms with van der Waals surface area (Å²) in [5.41, 5.74) is 0.348. The predicted octanol–water partition coefficient (Wildman–Crippen LogP) is 3.99. The van der Waals surface area contributed by atoms with Crippen LogP contribution in [0.5, 0.6) is 5.75 Å². The zero-order valence-corrected chi connectivity index (χ0v) is 29.2. The zero-order chi connectivity index (χ0) is 34.1. The summed E-state index contributed by atoms with van der Waals surface area (Å²) in [4.78, 5) is 34.6. The van der Waals surface area contributed by atoms with Gasteiger partial charge >= 0.3 is 6.03 Å². The van der Waals surface area contributed by atoms with Gasteiger partial charge in [0.25, 0.3) is 15.9 Å². The van der Waals surface area contributed by atoms with Gasteiger partial charge in [-0.25, -0.2) is 9.78 Å². The molecular formula is C33H52N6O7S. The molecule has 4 atom stereocenters. The van der Waals surface area contributed by atoms with E-state index in [1.165, 1.54) is 29.6 Å². The SMILES string of the molecule is C[C@H](CO)N1C[C@H](C)[C@H](CN(C)C(=O)NC2CCCCC2)OCCCC[C@H](C)Oc2ccc(NS(=O)(=O)c3cn(C)cn3)cc2C1=O. The fourth-order valence-electron chi connectivity index (χ4n) is 6.07. The molecule has 0 unspecified atom stereocenters. The first-order valence-corrected chi connectivity index (χ1v) is 18.2. The number of aryl methyl sites for hydroxylation is 1. The molecule has 2 aromatic rings. The van der Waals surface area contributed by atoms with Crippen LogP contribution >= 0.6 is 0 Å². The standard InChI is InChI=1S/C33H52N6O7S/c1-23-18-39(24(2)21-40)32(41)28-17-27(36-47(43,44)31-20-37(4)22-34-31)14-15-29(28)46-25(3)11-9-10-16-45-30(23)19-38(5)33(42)35-26-12-7-6-8-13-26/h14-15,17,20,22-26,30,36,40H,6-13,16,18-19,21H2,1-5H3,(H,35,42)/t23-,24+,25-,30-/m0/s1. The molecule has 13 nitrogen and oxygen atoms in total. The summed E-state index contributed by atoms with van der Waals surface area (Å²) >= 11 is 0. The molecule has 1 fully saturated rings. The summed E-state index contributed by atoms with van der Waals surface area (Å²) in [7, 11) is -0.577. The van der Waals surface area contributed by atoms with Crippen LogP contribution < -0.4 is 14.8 Å². The Balaban J connectivity index is 1.60. The number of sulfonamides is 1. The number of ether oxygens (including phenoxy) is 2. The van der Waals surface area contributed by atoms with E-state index in [1.807, 2.05) is 13.8 Å². The number of hydrogen-bond donors (Lipinski definition) is 3. The van der Waals surface area contributed by atoms with Crippen LogP contribution in [-0.2, 0) is 21.8 Å². The summed E-state index contributed by atoms with van der Waals surface area (Å²) < 4.78 is 42.8. The number of carbonyl (C=O) groups is 2. The Kier molecular flexibility index (Phi) is 12.9. The van der Waals surface area contributed by atoms with Gasteiger partial charge in [-0.3, -0.25) is 9.52 Å². The van der Waals surface area contributed by atoms with E-state index in [1.54, 1.807) is 43.0 Å². The number of anilines is 1. The van der Waals surface area contributed by atoms with E-state index in [4.69, 9.17) is 9.47 Å². The first-order valence-electron chi connectivity index (χ1n) is 16.7. The lowest BCUT2D eigenvalue weighted by Crippen LogP contribution is -2.50. The number of benzene rings is 1. The number of nitrogens with zero attached hydrogens (tertiary/aromatic N) is 4. The molecule has 0 saturated heterocycles. The Bertz CT molecular complexity index is 1440. The molecule has 14 heteroatoms. The fourth-order valence-corrected chi connectivity index (χ4v) is 7.10. The number of aliphatic hydroxyl groups excluding tert-OH is 1. The number of nitrogens with one attached hydrogen (secondary N) is 2. The number of hydrogen-bond acceptors (Lipinski definition) is 8. The molecule has 0 bridgehead atoms. The number of imidazole rings is 1. The molecule has 2 heterocycles. The second-order valence-electron chi connectivity index (χ2n) is 13.2. The molecule has 1 saturated carbocycles. The molecule has 1 aromatic heterocycles. The normalized spacial score (nSPS) is 22.8. The zero-order valence-electron chi connectivity index (χ0n) is 28.4. The van der Waals surface area contributed by atoms with Crippen molar-refractivity contribution in [1.29, 1.82) is 0 Å². The Labute approximate surface area is 279 Å². The Morgan fingerprint density at radius 3 is 2.55 bits per heavy atom. The van der Waals surface area contributed by atoms with Gasteiger partial charge in [-0.2, -0.15) is 8.42 Å². The second kappa shape index (κ2) is 16.6. The smallest absolute Gasteiger partial charge is 0.317 e. The molecule has 262 valence electrons. The van der Waals surface area contributed by atoms with Gasteiger partial charge in [-0.1, -0.05) is 26.2 Å². The molecule has 1 aromatic carbocycles. The minimum absolute atomic E-state index is 0.135. The topological polar surface area (TPSA) is 155 Å². The largest absolute Gasteiger partial charge is 0.490 e. The number of urea groups is 1. The van der Waals surface area contributed by atoms with Gasteiger partial charge in [-0.15, -0.1) is 0 Å². The lowest BCUT2D eigenvalue weighted by molar-refractivity contribution is -0.0123. The molecule has 1 aliphatic heterocycles. The summed E-state index contributed by atoms with van der Waals surface area (Å²) in [6, 6.07) is 4.11. The lowest BCUT2D eigenvalue weighted by Gasteiger charge is -2.36. The lowest BCUT2D eigenvalue weighted by atomic mass is 9.96. The third kappa shape index (κ3) is 10.1. The average molecular weight is 677 g/mol. The number of aliphatic hydroxyl groups is 1. The highest BCUT2D eigenvalue weighted by atomic mass is 32.2. The monoisotopic (exact) mass is 676 g/mol. The minimum atomic E-state index is -4.02. The minimum Gasteiger partial charge on any atom is -0.490 e. The van der Waals surface area contributed by atoms with Crippen molar-refractivity contribution in [1.82, 2.24) is 24.7 Å². The predicted molar refractivity (Wildman–Crippen MR) is 179 cm³/mol. The van der Waals surface area contributed by atoms with Gasteiger partial charge in [0.1, 0.15) is 5.75 Å². The maximum atomic E-state index is 14.3. The van der Waals surface area contributed by atoms with Crippen molar-refractivity contribution in [3.05, 3.63) is 36.3 Å². The van der Waals surface area contributed by atoms with Crippen LogP contribution in [-0.4, -0.2) is 102 Å². The van der Waals surface area contributed by atoms with E-state index in [0.29, 0.717) is 25.3 Å². The van der Waals surface area contributed by atoms with Gasteiger partial charge in [-0.05, 0) is 64.2 Å². The molecule has 47 heavy (non-hydrogen) atoms. The van der Waals surface area contributed by atoms with E-state index in [-0.39, 0.29) is 59.6 Å². The first-order chi connectivity index (χ1) is 22.4. The number of fused-ring (bicyclic) bond motifs is 1. The molecule has 0 spiro atoms. The van der Waals surface area contributed by atoms with Crippen molar-refractivity contribution in [2.75, 3.05) is 38.1 Å². The van der Waals surface area contributed by atoms with Crippen molar-refractivity contribution in [2.45, 2.75) is 101 Å². The van der Waals surface area contributed by atoms with E-state index in [0.717, 1.165) is 38.5 Å².